The van der Waals surface area contributed by atoms with Gasteiger partial charge in [-0.15, -0.1) is 5.10 Å². The lowest BCUT2D eigenvalue weighted by atomic mass is 10.1. The van der Waals surface area contributed by atoms with Gasteiger partial charge in [0.2, 0.25) is 11.9 Å². The van der Waals surface area contributed by atoms with Crippen LogP contribution in [0, 0.1) is 25.5 Å². The molecule has 2 heterocycles. The topological polar surface area (TPSA) is 89.4 Å². The van der Waals surface area contributed by atoms with Crippen molar-refractivity contribution in [3.8, 4) is 0 Å². The first-order chi connectivity index (χ1) is 12.3. The highest BCUT2D eigenvalue weighted by atomic mass is 19.1. The molecule has 0 aliphatic carbocycles. The van der Waals surface area contributed by atoms with E-state index in [9.17, 15) is 13.6 Å². The second-order valence-electron chi connectivity index (χ2n) is 6.11. The molecule has 2 N–H and O–H groups in total. The lowest BCUT2D eigenvalue weighted by molar-refractivity contribution is -0.129. The molecule has 0 saturated heterocycles. The number of nitrogens with zero attached hydrogens (tertiary/aromatic N) is 5. The van der Waals surface area contributed by atoms with Gasteiger partial charge in [-0.2, -0.15) is 9.50 Å². The van der Waals surface area contributed by atoms with Gasteiger partial charge in [0.15, 0.2) is 0 Å². The van der Waals surface area contributed by atoms with Crippen molar-refractivity contribution in [2.45, 2.75) is 26.8 Å². The Hall–Kier alpha value is -3.10. The number of rotatable bonds is 4. The van der Waals surface area contributed by atoms with Crippen LogP contribution in [0.2, 0.25) is 0 Å². The van der Waals surface area contributed by atoms with Crippen molar-refractivity contribution in [1.82, 2.24) is 24.5 Å². The number of aromatic nitrogens is 4. The van der Waals surface area contributed by atoms with Crippen molar-refractivity contribution in [2.75, 3.05) is 12.8 Å². The number of likely N-dealkylation sites (N-methyl/N-ethyl adjacent to an activating group) is 1. The monoisotopic (exact) mass is 360 g/mol. The maximum absolute atomic E-state index is 13.8. The van der Waals surface area contributed by atoms with E-state index in [0.717, 1.165) is 12.1 Å². The van der Waals surface area contributed by atoms with Crippen molar-refractivity contribution < 1.29 is 13.6 Å². The summed E-state index contributed by atoms with van der Waals surface area (Å²) in [7, 11) is 1.56. The highest BCUT2D eigenvalue weighted by Gasteiger charge is 2.18. The van der Waals surface area contributed by atoms with E-state index < -0.39 is 11.6 Å². The second kappa shape index (κ2) is 6.66. The molecule has 0 atom stereocenters. The minimum Gasteiger partial charge on any atom is -0.366 e. The van der Waals surface area contributed by atoms with Gasteiger partial charge < -0.3 is 10.6 Å². The maximum atomic E-state index is 13.8. The quantitative estimate of drug-likeness (QED) is 0.766. The van der Waals surface area contributed by atoms with Crippen LogP contribution in [0.1, 0.15) is 22.5 Å². The SMILES string of the molecule is Cc1nc2nc(N)nn2c(C)c1CC(=O)N(C)Cc1ccc(F)cc1F. The number of halogens is 2. The molecule has 0 radical (unpaired) electrons. The van der Waals surface area contributed by atoms with Gasteiger partial charge in [0.1, 0.15) is 11.6 Å². The predicted octanol–water partition coefficient (Wildman–Crippen LogP) is 1.80. The summed E-state index contributed by atoms with van der Waals surface area (Å²) in [5.74, 6) is -1.09. The van der Waals surface area contributed by atoms with Gasteiger partial charge in [-0.1, -0.05) is 6.07 Å². The number of hydrogen-bond donors (Lipinski definition) is 1. The zero-order valence-corrected chi connectivity index (χ0v) is 14.6. The highest BCUT2D eigenvalue weighted by molar-refractivity contribution is 5.79. The standard InChI is InChI=1S/C17H18F2N6O/c1-9-13(10(2)25-17(21-9)22-16(20)23-25)7-15(26)24(3)8-11-4-5-12(18)6-14(11)19/h4-6H,7-8H2,1-3H3,(H2,20,23). The molecule has 1 amide bonds. The Morgan fingerprint density at radius 2 is 2.00 bits per heavy atom. The Morgan fingerprint density at radius 1 is 1.27 bits per heavy atom. The maximum Gasteiger partial charge on any atom is 0.254 e. The molecule has 0 spiro atoms. The minimum absolute atomic E-state index is 0.0367. The number of hydrogen-bond acceptors (Lipinski definition) is 5. The molecule has 26 heavy (non-hydrogen) atoms. The van der Waals surface area contributed by atoms with Crippen LogP contribution in [0.25, 0.3) is 5.78 Å². The third-order valence-electron chi connectivity index (χ3n) is 4.24. The van der Waals surface area contributed by atoms with Crippen LogP contribution >= 0.6 is 0 Å². The van der Waals surface area contributed by atoms with Crippen LogP contribution in [0.5, 0.6) is 0 Å². The molecule has 2 aromatic heterocycles. The molecule has 0 unspecified atom stereocenters. The number of nitrogen functional groups attached to an aromatic ring is 1. The van der Waals surface area contributed by atoms with Crippen molar-refractivity contribution in [1.29, 1.82) is 0 Å². The molecule has 0 saturated carbocycles. The fourth-order valence-electron chi connectivity index (χ4n) is 2.76. The van der Waals surface area contributed by atoms with E-state index >= 15 is 0 Å². The fourth-order valence-corrected chi connectivity index (χ4v) is 2.76. The first-order valence-corrected chi connectivity index (χ1v) is 7.92. The van der Waals surface area contributed by atoms with Gasteiger partial charge in [-0.3, -0.25) is 4.79 Å². The summed E-state index contributed by atoms with van der Waals surface area (Å²) in [6.07, 6.45) is 0.0691. The number of anilines is 1. The molecule has 9 heteroatoms. The lowest BCUT2D eigenvalue weighted by Crippen LogP contribution is -2.29. The number of aryl methyl sites for hydroxylation is 2. The Morgan fingerprint density at radius 3 is 2.69 bits per heavy atom. The molecule has 3 rings (SSSR count). The molecule has 136 valence electrons. The third-order valence-corrected chi connectivity index (χ3v) is 4.24. The van der Waals surface area contributed by atoms with Gasteiger partial charge in [0.25, 0.3) is 5.78 Å². The largest absolute Gasteiger partial charge is 0.366 e. The average molecular weight is 360 g/mol. The number of carbonyl (C=O) groups is 1. The zero-order valence-electron chi connectivity index (χ0n) is 14.6. The van der Waals surface area contributed by atoms with Crippen LogP contribution in [0.15, 0.2) is 18.2 Å². The molecule has 0 aliphatic heterocycles. The minimum atomic E-state index is -0.682. The van der Waals surface area contributed by atoms with Gasteiger partial charge in [-0.25, -0.2) is 13.8 Å². The highest BCUT2D eigenvalue weighted by Crippen LogP contribution is 2.17. The van der Waals surface area contributed by atoms with Crippen molar-refractivity contribution in [3.05, 3.63) is 52.3 Å². The van der Waals surface area contributed by atoms with Crippen LogP contribution < -0.4 is 5.73 Å². The van der Waals surface area contributed by atoms with E-state index in [0.29, 0.717) is 22.7 Å². The van der Waals surface area contributed by atoms with E-state index in [2.05, 4.69) is 15.1 Å². The second-order valence-corrected chi connectivity index (χ2v) is 6.11. The smallest absolute Gasteiger partial charge is 0.254 e. The van der Waals surface area contributed by atoms with E-state index in [1.807, 2.05) is 0 Å². The Bertz CT molecular complexity index is 1000. The molecular weight excluding hydrogens is 342 g/mol. The molecule has 0 bridgehead atoms. The van der Waals surface area contributed by atoms with Gasteiger partial charge in [-0.05, 0) is 19.9 Å². The van der Waals surface area contributed by atoms with Crippen LogP contribution in [0.3, 0.4) is 0 Å². The van der Waals surface area contributed by atoms with Gasteiger partial charge >= 0.3 is 0 Å². The van der Waals surface area contributed by atoms with Crippen molar-refractivity contribution in [3.63, 3.8) is 0 Å². The predicted molar refractivity (Wildman–Crippen MR) is 91.2 cm³/mol. The summed E-state index contributed by atoms with van der Waals surface area (Å²) in [4.78, 5) is 22.3. The van der Waals surface area contributed by atoms with Crippen LogP contribution in [-0.2, 0) is 17.8 Å². The number of amides is 1. The van der Waals surface area contributed by atoms with Crippen LogP contribution in [0.4, 0.5) is 14.7 Å². The molecule has 3 aromatic rings. The lowest BCUT2D eigenvalue weighted by Gasteiger charge is -2.19. The summed E-state index contributed by atoms with van der Waals surface area (Å²) in [5, 5.41) is 4.07. The molecule has 7 nitrogen and oxygen atoms in total. The van der Waals surface area contributed by atoms with E-state index in [1.165, 1.54) is 15.5 Å². The zero-order chi connectivity index (χ0) is 19.0. The molecular formula is C17H18F2N6O. The summed E-state index contributed by atoms with van der Waals surface area (Å²) in [6, 6.07) is 3.30. The normalized spacial score (nSPS) is 11.1. The summed E-state index contributed by atoms with van der Waals surface area (Å²) >= 11 is 0. The van der Waals surface area contributed by atoms with E-state index in [1.54, 1.807) is 20.9 Å². The first-order valence-electron chi connectivity index (χ1n) is 7.92. The molecule has 0 aliphatic rings. The third kappa shape index (κ3) is 3.32. The number of nitrogens with two attached hydrogens (primary N) is 1. The van der Waals surface area contributed by atoms with Gasteiger partial charge in [0.05, 0.1) is 6.42 Å². The fraction of sp³-hybridized carbons (Fsp3) is 0.294. The number of benzene rings is 1. The summed E-state index contributed by atoms with van der Waals surface area (Å²) in [5.41, 5.74) is 7.91. The Labute approximate surface area is 148 Å². The van der Waals surface area contributed by atoms with E-state index in [4.69, 9.17) is 5.73 Å². The van der Waals surface area contributed by atoms with E-state index in [-0.39, 0.29) is 30.4 Å². The van der Waals surface area contributed by atoms with Crippen molar-refractivity contribution in [2.24, 2.45) is 0 Å². The number of fused-ring (bicyclic) bond motifs is 1. The van der Waals surface area contributed by atoms with Crippen LogP contribution in [-0.4, -0.2) is 37.4 Å². The Kier molecular flexibility index (Phi) is 4.54. The molecule has 0 fully saturated rings. The molecule has 1 aromatic carbocycles. The van der Waals surface area contributed by atoms with Gasteiger partial charge in [0, 0.05) is 42.2 Å². The van der Waals surface area contributed by atoms with Crippen molar-refractivity contribution >= 4 is 17.6 Å². The summed E-state index contributed by atoms with van der Waals surface area (Å²) < 4.78 is 28.3. The number of carbonyl (C=O) groups excluding carboxylic acids is 1. The summed E-state index contributed by atoms with van der Waals surface area (Å²) in [6.45, 7) is 3.62. The Balaban J connectivity index is 1.82. The average Bonchev–Trinajstić information content (AvgIpc) is 2.94. The first kappa shape index (κ1) is 17.7.